The Morgan fingerprint density at radius 3 is 1.89 bits per heavy atom. The fourth-order valence-corrected chi connectivity index (χ4v) is 3.85. The van der Waals surface area contributed by atoms with E-state index < -0.39 is 0 Å². The summed E-state index contributed by atoms with van der Waals surface area (Å²) in [6.07, 6.45) is 1.02. The van der Waals surface area contributed by atoms with Gasteiger partial charge in [-0.25, -0.2) is 0 Å². The number of furan rings is 1. The first-order valence-corrected chi connectivity index (χ1v) is 9.86. The molecule has 142 valence electrons. The predicted molar refractivity (Wildman–Crippen MR) is 113 cm³/mol. The first kappa shape index (κ1) is 19.4. The van der Waals surface area contributed by atoms with E-state index in [1.165, 1.54) is 11.1 Å². The molecule has 3 aromatic rings. The maximum atomic E-state index is 5.89. The molecule has 0 bridgehead atoms. The van der Waals surface area contributed by atoms with Gasteiger partial charge in [0.1, 0.15) is 11.5 Å². The molecule has 1 atom stereocenters. The van der Waals surface area contributed by atoms with Crippen molar-refractivity contribution in [3.05, 3.63) is 95.4 Å². The van der Waals surface area contributed by atoms with Crippen LogP contribution < -0.4 is 5.32 Å². The Kier molecular flexibility index (Phi) is 6.18. The summed E-state index contributed by atoms with van der Waals surface area (Å²) in [5, 5.41) is 3.77. The van der Waals surface area contributed by atoms with E-state index in [-0.39, 0.29) is 5.41 Å². The predicted octanol–water partition coefficient (Wildman–Crippen LogP) is 6.07. The highest BCUT2D eigenvalue weighted by Crippen LogP contribution is 2.30. The van der Waals surface area contributed by atoms with Gasteiger partial charge in [0, 0.05) is 23.9 Å². The van der Waals surface area contributed by atoms with Crippen molar-refractivity contribution in [3.8, 4) is 0 Å². The first-order chi connectivity index (χ1) is 13.0. The van der Waals surface area contributed by atoms with Crippen molar-refractivity contribution >= 4 is 0 Å². The summed E-state index contributed by atoms with van der Waals surface area (Å²) in [5.74, 6) is 2.40. The van der Waals surface area contributed by atoms with Crippen LogP contribution in [-0.4, -0.2) is 12.6 Å². The summed E-state index contributed by atoms with van der Waals surface area (Å²) < 4.78 is 5.89. The number of hydrogen-bond donors (Lipinski definition) is 1. The number of hydrogen-bond acceptors (Lipinski definition) is 2. The van der Waals surface area contributed by atoms with Gasteiger partial charge in [0.25, 0.3) is 0 Å². The Hall–Kier alpha value is -2.32. The first-order valence-electron chi connectivity index (χ1n) is 9.86. The third-order valence-electron chi connectivity index (χ3n) is 5.30. The summed E-state index contributed by atoms with van der Waals surface area (Å²) in [6.45, 7) is 9.71. The third-order valence-corrected chi connectivity index (χ3v) is 5.30. The Morgan fingerprint density at radius 2 is 1.41 bits per heavy atom. The molecule has 0 spiro atoms. The lowest BCUT2D eigenvalue weighted by molar-refractivity contribution is 0.319. The molecule has 0 fully saturated rings. The Bertz CT molecular complexity index is 780. The van der Waals surface area contributed by atoms with E-state index >= 15 is 0 Å². The van der Waals surface area contributed by atoms with Gasteiger partial charge in [0.15, 0.2) is 0 Å². The number of aryl methyl sites for hydroxylation is 1. The highest BCUT2D eigenvalue weighted by Gasteiger charge is 2.27. The maximum Gasteiger partial charge on any atom is 0.109 e. The highest BCUT2D eigenvalue weighted by atomic mass is 16.3. The van der Waals surface area contributed by atoms with Crippen molar-refractivity contribution in [2.75, 3.05) is 6.54 Å². The molecule has 0 saturated carbocycles. The monoisotopic (exact) mass is 361 g/mol. The molecule has 0 saturated heterocycles. The largest absolute Gasteiger partial charge is 0.466 e. The van der Waals surface area contributed by atoms with E-state index in [1.807, 2.05) is 6.92 Å². The van der Waals surface area contributed by atoms with Crippen molar-refractivity contribution in [1.29, 1.82) is 0 Å². The SMILES string of the molecule is Cc1ccc(C(C)(C)CC(C)NCC(c2ccccc2)c2ccccc2)o1. The average molecular weight is 362 g/mol. The molecule has 1 heterocycles. The number of benzene rings is 2. The molecule has 1 aromatic heterocycles. The Labute approximate surface area is 163 Å². The standard InChI is InChI=1S/C25H31NO/c1-19(17-25(3,4)24-16-15-20(2)27-24)26-18-23(21-11-7-5-8-12-21)22-13-9-6-10-14-22/h5-16,19,23,26H,17-18H2,1-4H3. The van der Waals surface area contributed by atoms with Gasteiger partial charge in [-0.05, 0) is 43.5 Å². The van der Waals surface area contributed by atoms with Gasteiger partial charge in [-0.1, -0.05) is 74.5 Å². The smallest absolute Gasteiger partial charge is 0.109 e. The van der Waals surface area contributed by atoms with Crippen molar-refractivity contribution in [3.63, 3.8) is 0 Å². The molecule has 0 aliphatic carbocycles. The lowest BCUT2D eigenvalue weighted by atomic mass is 9.83. The van der Waals surface area contributed by atoms with Gasteiger partial charge >= 0.3 is 0 Å². The average Bonchev–Trinajstić information content (AvgIpc) is 3.11. The molecular formula is C25H31NO. The Balaban J connectivity index is 1.68. The number of nitrogens with one attached hydrogen (secondary N) is 1. The lowest BCUT2D eigenvalue weighted by Gasteiger charge is -2.28. The number of rotatable bonds is 8. The second kappa shape index (κ2) is 8.58. The van der Waals surface area contributed by atoms with Gasteiger partial charge < -0.3 is 9.73 Å². The molecule has 2 aromatic carbocycles. The van der Waals surface area contributed by atoms with Crippen LogP contribution in [0.1, 0.15) is 55.8 Å². The van der Waals surface area contributed by atoms with Crippen LogP contribution in [0, 0.1) is 6.92 Å². The van der Waals surface area contributed by atoms with Gasteiger partial charge in [0.2, 0.25) is 0 Å². The van der Waals surface area contributed by atoms with Crippen LogP contribution in [-0.2, 0) is 5.41 Å². The van der Waals surface area contributed by atoms with Crippen LogP contribution in [0.5, 0.6) is 0 Å². The molecule has 1 unspecified atom stereocenters. The normalized spacial score (nSPS) is 13.1. The van der Waals surface area contributed by atoms with Crippen molar-refractivity contribution in [1.82, 2.24) is 5.32 Å². The minimum absolute atomic E-state index is 0.00959. The summed E-state index contributed by atoms with van der Waals surface area (Å²) in [5.41, 5.74) is 2.71. The molecule has 0 aliphatic heterocycles. The zero-order valence-electron chi connectivity index (χ0n) is 16.9. The minimum Gasteiger partial charge on any atom is -0.466 e. The Morgan fingerprint density at radius 1 is 0.852 bits per heavy atom. The van der Waals surface area contributed by atoms with E-state index in [0.717, 1.165) is 24.5 Å². The summed E-state index contributed by atoms with van der Waals surface area (Å²) in [7, 11) is 0. The van der Waals surface area contributed by atoms with Crippen LogP contribution >= 0.6 is 0 Å². The van der Waals surface area contributed by atoms with E-state index in [9.17, 15) is 0 Å². The van der Waals surface area contributed by atoms with E-state index in [0.29, 0.717) is 12.0 Å². The molecule has 3 rings (SSSR count). The molecule has 0 amide bonds. The fourth-order valence-electron chi connectivity index (χ4n) is 3.85. The van der Waals surface area contributed by atoms with E-state index in [1.54, 1.807) is 0 Å². The van der Waals surface area contributed by atoms with Crippen LogP contribution in [0.2, 0.25) is 0 Å². The van der Waals surface area contributed by atoms with Crippen LogP contribution in [0.25, 0.3) is 0 Å². The van der Waals surface area contributed by atoms with Gasteiger partial charge in [-0.15, -0.1) is 0 Å². The third kappa shape index (κ3) is 5.11. The second-order valence-corrected chi connectivity index (χ2v) is 8.18. The van der Waals surface area contributed by atoms with E-state index in [4.69, 9.17) is 4.42 Å². The summed E-state index contributed by atoms with van der Waals surface area (Å²) in [4.78, 5) is 0. The molecule has 1 N–H and O–H groups in total. The minimum atomic E-state index is 0.00959. The topological polar surface area (TPSA) is 25.2 Å². The quantitative estimate of drug-likeness (QED) is 0.527. The van der Waals surface area contributed by atoms with E-state index in [2.05, 4.69) is 98.9 Å². The lowest BCUT2D eigenvalue weighted by Crippen LogP contribution is -2.35. The zero-order valence-corrected chi connectivity index (χ0v) is 16.9. The molecular weight excluding hydrogens is 330 g/mol. The summed E-state index contributed by atoms with van der Waals surface area (Å²) >= 11 is 0. The molecule has 0 radical (unpaired) electrons. The maximum absolute atomic E-state index is 5.89. The van der Waals surface area contributed by atoms with Crippen LogP contribution in [0.15, 0.2) is 77.2 Å². The molecule has 2 nitrogen and oxygen atoms in total. The van der Waals surface area contributed by atoms with Crippen molar-refractivity contribution in [2.24, 2.45) is 0 Å². The zero-order chi connectivity index (χ0) is 19.3. The van der Waals surface area contributed by atoms with Gasteiger partial charge in [-0.2, -0.15) is 0 Å². The summed E-state index contributed by atoms with van der Waals surface area (Å²) in [6, 6.07) is 26.1. The molecule has 0 aliphatic rings. The molecule has 2 heteroatoms. The van der Waals surface area contributed by atoms with Crippen molar-refractivity contribution < 1.29 is 4.42 Å². The fraction of sp³-hybridized carbons (Fsp3) is 0.360. The second-order valence-electron chi connectivity index (χ2n) is 8.18. The van der Waals surface area contributed by atoms with Crippen molar-refractivity contribution in [2.45, 2.75) is 51.5 Å². The van der Waals surface area contributed by atoms with Gasteiger partial charge in [0.05, 0.1) is 0 Å². The van der Waals surface area contributed by atoms with Gasteiger partial charge in [-0.3, -0.25) is 0 Å². The highest BCUT2D eigenvalue weighted by molar-refractivity contribution is 5.32. The molecule has 27 heavy (non-hydrogen) atoms. The van der Waals surface area contributed by atoms with Crippen LogP contribution in [0.3, 0.4) is 0 Å². The van der Waals surface area contributed by atoms with Crippen LogP contribution in [0.4, 0.5) is 0 Å².